The van der Waals surface area contributed by atoms with Crippen LogP contribution in [0, 0.1) is 5.92 Å². The van der Waals surface area contributed by atoms with Crippen LogP contribution in [0.5, 0.6) is 0 Å². The largest absolute Gasteiger partial charge is 0.459 e. The number of hydrogen-bond acceptors (Lipinski definition) is 4. The highest BCUT2D eigenvalue weighted by atomic mass is 35.5. The summed E-state index contributed by atoms with van der Waals surface area (Å²) in [4.78, 5) is 31.7. The van der Waals surface area contributed by atoms with Gasteiger partial charge in [-0.3, -0.25) is 14.5 Å². The van der Waals surface area contributed by atoms with Crippen molar-refractivity contribution in [3.63, 3.8) is 0 Å². The van der Waals surface area contributed by atoms with Crippen LogP contribution in [-0.4, -0.2) is 65.8 Å². The van der Waals surface area contributed by atoms with Crippen molar-refractivity contribution in [2.24, 2.45) is 5.92 Å². The molecule has 0 spiro atoms. The molecule has 0 atom stereocenters. The topological polar surface area (TPSA) is 57.0 Å². The third-order valence-electron chi connectivity index (χ3n) is 6.08. The van der Waals surface area contributed by atoms with Gasteiger partial charge in [-0.1, -0.05) is 23.7 Å². The first-order valence-corrected chi connectivity index (χ1v) is 11.1. The second-order valence-corrected chi connectivity index (χ2v) is 8.56. The van der Waals surface area contributed by atoms with Crippen LogP contribution in [-0.2, 0) is 11.3 Å². The summed E-state index contributed by atoms with van der Waals surface area (Å²) >= 11 is 5.98. The van der Waals surface area contributed by atoms with Crippen LogP contribution in [0.4, 0.5) is 0 Å². The molecule has 0 saturated carbocycles. The van der Waals surface area contributed by atoms with Crippen LogP contribution in [0.2, 0.25) is 5.02 Å². The fraction of sp³-hybridized carbons (Fsp3) is 0.478. The van der Waals surface area contributed by atoms with E-state index in [1.807, 2.05) is 17.0 Å². The van der Waals surface area contributed by atoms with Gasteiger partial charge < -0.3 is 14.2 Å². The Kier molecular flexibility index (Phi) is 6.75. The lowest BCUT2D eigenvalue weighted by atomic mass is 9.95. The molecule has 0 aliphatic carbocycles. The van der Waals surface area contributed by atoms with Gasteiger partial charge in [-0.2, -0.15) is 0 Å². The van der Waals surface area contributed by atoms with E-state index in [-0.39, 0.29) is 17.7 Å². The summed E-state index contributed by atoms with van der Waals surface area (Å²) in [5.74, 6) is 0.536. The van der Waals surface area contributed by atoms with Crippen LogP contribution >= 0.6 is 11.6 Å². The minimum absolute atomic E-state index is 0.00784. The van der Waals surface area contributed by atoms with E-state index < -0.39 is 0 Å². The normalized spacial score (nSPS) is 19.0. The molecule has 2 fully saturated rings. The fourth-order valence-electron chi connectivity index (χ4n) is 4.34. The Morgan fingerprint density at radius 3 is 2.40 bits per heavy atom. The van der Waals surface area contributed by atoms with Gasteiger partial charge in [0, 0.05) is 56.8 Å². The van der Waals surface area contributed by atoms with Gasteiger partial charge in [-0.15, -0.1) is 0 Å². The average molecular weight is 430 g/mol. The lowest BCUT2D eigenvalue weighted by molar-refractivity contribution is -0.136. The zero-order chi connectivity index (χ0) is 20.9. The zero-order valence-corrected chi connectivity index (χ0v) is 17.9. The number of likely N-dealkylation sites (tertiary alicyclic amines) is 1. The molecule has 160 valence electrons. The summed E-state index contributed by atoms with van der Waals surface area (Å²) in [5.41, 5.74) is 1.24. The number of halogens is 1. The molecule has 3 heterocycles. The average Bonchev–Trinajstić information content (AvgIpc) is 3.21. The third kappa shape index (κ3) is 5.05. The number of piperidine rings is 1. The van der Waals surface area contributed by atoms with Gasteiger partial charge in [0.25, 0.3) is 5.91 Å². The third-order valence-corrected chi connectivity index (χ3v) is 6.33. The van der Waals surface area contributed by atoms with E-state index in [1.54, 1.807) is 17.0 Å². The summed E-state index contributed by atoms with van der Waals surface area (Å²) in [6, 6.07) is 11.4. The lowest BCUT2D eigenvalue weighted by Crippen LogP contribution is -2.45. The molecule has 0 bridgehead atoms. The lowest BCUT2D eigenvalue weighted by Gasteiger charge is -2.33. The molecule has 2 aliphatic heterocycles. The number of hydrogen-bond donors (Lipinski definition) is 0. The first-order valence-electron chi connectivity index (χ1n) is 10.7. The first kappa shape index (κ1) is 20.9. The fourth-order valence-corrected chi connectivity index (χ4v) is 4.47. The zero-order valence-electron chi connectivity index (χ0n) is 17.1. The number of benzene rings is 1. The Hall–Kier alpha value is -2.31. The van der Waals surface area contributed by atoms with Gasteiger partial charge in [0.05, 0.1) is 6.26 Å². The highest BCUT2D eigenvalue weighted by Crippen LogP contribution is 2.22. The second-order valence-electron chi connectivity index (χ2n) is 8.13. The van der Waals surface area contributed by atoms with Crippen LogP contribution in [0.25, 0.3) is 0 Å². The van der Waals surface area contributed by atoms with E-state index in [2.05, 4.69) is 17.0 Å². The second kappa shape index (κ2) is 9.67. The van der Waals surface area contributed by atoms with Gasteiger partial charge in [-0.25, -0.2) is 0 Å². The van der Waals surface area contributed by atoms with Crippen LogP contribution in [0.1, 0.15) is 35.4 Å². The molecular formula is C23H28ClN3O3. The predicted octanol–water partition coefficient (Wildman–Crippen LogP) is 3.52. The number of carbonyl (C=O) groups is 2. The molecule has 4 rings (SSSR count). The number of amides is 2. The molecule has 2 saturated heterocycles. The summed E-state index contributed by atoms with van der Waals surface area (Å²) in [6.07, 6.45) is 3.93. The Labute approximate surface area is 182 Å². The van der Waals surface area contributed by atoms with Crippen molar-refractivity contribution in [2.75, 3.05) is 39.3 Å². The van der Waals surface area contributed by atoms with Crippen LogP contribution in [0.15, 0.2) is 47.1 Å². The van der Waals surface area contributed by atoms with E-state index in [1.165, 1.54) is 11.8 Å². The maximum atomic E-state index is 13.1. The Morgan fingerprint density at radius 1 is 0.933 bits per heavy atom. The summed E-state index contributed by atoms with van der Waals surface area (Å²) < 4.78 is 5.21. The maximum absolute atomic E-state index is 13.1. The minimum atomic E-state index is -0.0847. The monoisotopic (exact) mass is 429 g/mol. The molecule has 2 aliphatic rings. The molecule has 1 aromatic carbocycles. The molecule has 2 aromatic rings. The molecule has 30 heavy (non-hydrogen) atoms. The molecule has 0 N–H and O–H groups in total. The quantitative estimate of drug-likeness (QED) is 0.746. The van der Waals surface area contributed by atoms with Crippen LogP contribution < -0.4 is 0 Å². The van der Waals surface area contributed by atoms with Gasteiger partial charge in [0.1, 0.15) is 0 Å². The van der Waals surface area contributed by atoms with Crippen molar-refractivity contribution in [3.8, 4) is 0 Å². The number of rotatable bonds is 4. The highest BCUT2D eigenvalue weighted by Gasteiger charge is 2.31. The SMILES string of the molecule is O=C(c1ccco1)N1CCC(C(=O)N2CCCN(Cc3ccc(Cl)cc3)CC2)CC1. The Bertz CT molecular complexity index is 845. The standard InChI is InChI=1S/C23H28ClN3O3/c24-20-6-4-18(5-7-20)17-25-10-2-11-26(15-14-25)22(28)19-8-12-27(13-9-19)23(29)21-3-1-16-30-21/h1,3-7,16,19H,2,8-15,17H2. The molecule has 0 unspecified atom stereocenters. The van der Waals surface area contributed by atoms with Gasteiger partial charge >= 0.3 is 0 Å². The molecule has 0 radical (unpaired) electrons. The summed E-state index contributed by atoms with van der Waals surface area (Å²) in [6.45, 7) is 5.53. The maximum Gasteiger partial charge on any atom is 0.289 e. The Morgan fingerprint density at radius 2 is 1.70 bits per heavy atom. The summed E-state index contributed by atoms with van der Waals surface area (Å²) in [7, 11) is 0. The first-order chi connectivity index (χ1) is 14.6. The van der Waals surface area contributed by atoms with E-state index in [0.29, 0.717) is 18.8 Å². The number of nitrogens with zero attached hydrogens (tertiary/aromatic N) is 3. The molecule has 2 amide bonds. The molecule has 6 nitrogen and oxygen atoms in total. The molecule has 7 heteroatoms. The van der Waals surface area contributed by atoms with Gasteiger partial charge in [-0.05, 0) is 49.1 Å². The minimum Gasteiger partial charge on any atom is -0.459 e. The Balaban J connectivity index is 1.26. The number of furan rings is 1. The molecule has 1 aromatic heterocycles. The van der Waals surface area contributed by atoms with Crippen molar-refractivity contribution in [2.45, 2.75) is 25.8 Å². The predicted molar refractivity (Wildman–Crippen MR) is 115 cm³/mol. The van der Waals surface area contributed by atoms with Crippen molar-refractivity contribution >= 4 is 23.4 Å². The van der Waals surface area contributed by atoms with Crippen LogP contribution in [0.3, 0.4) is 0 Å². The van der Waals surface area contributed by atoms with E-state index in [4.69, 9.17) is 16.0 Å². The molecular weight excluding hydrogens is 402 g/mol. The van der Waals surface area contributed by atoms with Crippen molar-refractivity contribution < 1.29 is 14.0 Å². The van der Waals surface area contributed by atoms with E-state index >= 15 is 0 Å². The van der Waals surface area contributed by atoms with Gasteiger partial charge in [0.2, 0.25) is 5.91 Å². The van der Waals surface area contributed by atoms with Crippen molar-refractivity contribution in [3.05, 3.63) is 59.0 Å². The van der Waals surface area contributed by atoms with Crippen molar-refractivity contribution in [1.29, 1.82) is 0 Å². The van der Waals surface area contributed by atoms with Crippen molar-refractivity contribution in [1.82, 2.24) is 14.7 Å². The smallest absolute Gasteiger partial charge is 0.289 e. The summed E-state index contributed by atoms with van der Waals surface area (Å²) in [5, 5.41) is 0.753. The van der Waals surface area contributed by atoms with E-state index in [9.17, 15) is 9.59 Å². The highest BCUT2D eigenvalue weighted by molar-refractivity contribution is 6.30. The van der Waals surface area contributed by atoms with Gasteiger partial charge in [0.15, 0.2) is 5.76 Å². The van der Waals surface area contributed by atoms with E-state index in [0.717, 1.165) is 57.0 Å². The number of carbonyl (C=O) groups excluding carboxylic acids is 2.